The molecule has 2 aromatic carbocycles. The average Bonchev–Trinajstić information content (AvgIpc) is 3.20. The normalized spacial score (nSPS) is 12.1. The van der Waals surface area contributed by atoms with Crippen molar-refractivity contribution < 1.29 is 9.47 Å². The van der Waals surface area contributed by atoms with E-state index < -0.39 is 0 Å². The first-order valence-corrected chi connectivity index (χ1v) is 9.55. The number of unbranched alkanes of at least 4 members (excludes halogenated alkanes) is 1. The molecule has 0 bridgehead atoms. The van der Waals surface area contributed by atoms with Crippen molar-refractivity contribution in [1.29, 1.82) is 0 Å². The molecule has 0 saturated heterocycles. The highest BCUT2D eigenvalue weighted by atomic mass is 16.7. The van der Waals surface area contributed by atoms with Crippen LogP contribution in [0.25, 0.3) is 11.4 Å². The molecule has 0 unspecified atom stereocenters. The van der Waals surface area contributed by atoms with Gasteiger partial charge >= 0.3 is 0 Å². The largest absolute Gasteiger partial charge is 0.454 e. The number of anilines is 3. The number of nitrogens with zero attached hydrogens (tertiary/aromatic N) is 3. The van der Waals surface area contributed by atoms with Gasteiger partial charge in [-0.3, -0.25) is 0 Å². The summed E-state index contributed by atoms with van der Waals surface area (Å²) in [5, 5.41) is 3.38. The second-order valence-electron chi connectivity index (χ2n) is 6.77. The number of rotatable bonds is 7. The lowest BCUT2D eigenvalue weighted by Gasteiger charge is -2.19. The van der Waals surface area contributed by atoms with E-state index in [1.807, 2.05) is 54.6 Å². The summed E-state index contributed by atoms with van der Waals surface area (Å²) in [7, 11) is 2.07. The molecule has 2 heterocycles. The van der Waals surface area contributed by atoms with Crippen molar-refractivity contribution in [1.82, 2.24) is 9.97 Å². The number of nitrogens with one attached hydrogen (secondary N) is 1. The molecular weight excluding hydrogens is 352 g/mol. The fourth-order valence-electron chi connectivity index (χ4n) is 3.04. The highest BCUT2D eigenvalue weighted by Crippen LogP contribution is 2.35. The molecule has 3 aromatic rings. The number of fused-ring (bicyclic) bond motifs is 1. The number of ether oxygens (including phenoxy) is 2. The molecule has 28 heavy (non-hydrogen) atoms. The monoisotopic (exact) mass is 376 g/mol. The van der Waals surface area contributed by atoms with Crippen LogP contribution in [0.15, 0.2) is 54.6 Å². The summed E-state index contributed by atoms with van der Waals surface area (Å²) in [5.41, 5.74) is 1.88. The standard InChI is InChI=1S/C22H24N4O2/c1-3-4-12-26(2)21-14-20(24-22(25-21)16-8-6-5-7-9-16)23-17-10-11-18-19(13-17)28-15-27-18/h5-11,13-14H,3-4,12,15H2,1-2H3,(H,23,24,25). The predicted octanol–water partition coefficient (Wildman–Crippen LogP) is 4.85. The SMILES string of the molecule is CCCCN(C)c1cc(Nc2ccc3c(c2)OCO3)nc(-c2ccccc2)n1. The average molecular weight is 376 g/mol. The Bertz CT molecular complexity index is 947. The van der Waals surface area contributed by atoms with Crippen LogP contribution in [0.2, 0.25) is 0 Å². The lowest BCUT2D eigenvalue weighted by Crippen LogP contribution is -2.20. The van der Waals surface area contributed by atoms with E-state index in [0.717, 1.165) is 53.8 Å². The Kier molecular flexibility index (Phi) is 5.28. The van der Waals surface area contributed by atoms with Gasteiger partial charge in [-0.1, -0.05) is 43.7 Å². The summed E-state index contributed by atoms with van der Waals surface area (Å²) in [6.07, 6.45) is 2.26. The third-order valence-corrected chi connectivity index (χ3v) is 4.63. The molecule has 0 radical (unpaired) electrons. The second-order valence-corrected chi connectivity index (χ2v) is 6.77. The van der Waals surface area contributed by atoms with Gasteiger partial charge in [0, 0.05) is 37.0 Å². The minimum absolute atomic E-state index is 0.261. The quantitative estimate of drug-likeness (QED) is 0.636. The molecule has 0 saturated carbocycles. The van der Waals surface area contributed by atoms with Crippen molar-refractivity contribution >= 4 is 17.3 Å². The van der Waals surface area contributed by atoms with Crippen molar-refractivity contribution in [2.45, 2.75) is 19.8 Å². The van der Waals surface area contributed by atoms with E-state index in [0.29, 0.717) is 5.82 Å². The summed E-state index contributed by atoms with van der Waals surface area (Å²) in [6.45, 7) is 3.40. The molecule has 1 N–H and O–H groups in total. The van der Waals surface area contributed by atoms with E-state index in [2.05, 4.69) is 24.2 Å². The van der Waals surface area contributed by atoms with Crippen molar-refractivity contribution in [2.75, 3.05) is 30.6 Å². The molecule has 6 heteroatoms. The predicted molar refractivity (Wildman–Crippen MR) is 111 cm³/mol. The van der Waals surface area contributed by atoms with Crippen LogP contribution in [-0.2, 0) is 0 Å². The zero-order valence-corrected chi connectivity index (χ0v) is 16.2. The maximum absolute atomic E-state index is 5.47. The Morgan fingerprint density at radius 1 is 1.00 bits per heavy atom. The van der Waals surface area contributed by atoms with Gasteiger partial charge in [-0.05, 0) is 18.6 Å². The smallest absolute Gasteiger partial charge is 0.231 e. The number of hydrogen-bond donors (Lipinski definition) is 1. The van der Waals surface area contributed by atoms with E-state index in [1.165, 1.54) is 0 Å². The van der Waals surface area contributed by atoms with Gasteiger partial charge in [-0.15, -0.1) is 0 Å². The van der Waals surface area contributed by atoms with E-state index in [9.17, 15) is 0 Å². The molecule has 4 rings (SSSR count). The molecule has 0 atom stereocenters. The van der Waals surface area contributed by atoms with E-state index in [4.69, 9.17) is 19.4 Å². The number of hydrogen-bond acceptors (Lipinski definition) is 6. The molecular formula is C22H24N4O2. The summed E-state index contributed by atoms with van der Waals surface area (Å²) in [5.74, 6) is 3.84. The highest BCUT2D eigenvalue weighted by molar-refractivity contribution is 5.67. The van der Waals surface area contributed by atoms with Gasteiger partial charge in [-0.25, -0.2) is 9.97 Å². The molecule has 1 aliphatic rings. The van der Waals surface area contributed by atoms with Gasteiger partial charge in [0.15, 0.2) is 17.3 Å². The Morgan fingerprint density at radius 2 is 1.82 bits per heavy atom. The van der Waals surface area contributed by atoms with Gasteiger partial charge in [0.25, 0.3) is 0 Å². The van der Waals surface area contributed by atoms with Gasteiger partial charge < -0.3 is 19.7 Å². The molecule has 1 aromatic heterocycles. The van der Waals surface area contributed by atoms with Gasteiger partial charge in [0.05, 0.1) is 0 Å². The summed E-state index contributed by atoms with van der Waals surface area (Å²) >= 11 is 0. The molecule has 144 valence electrons. The number of aromatic nitrogens is 2. The topological polar surface area (TPSA) is 59.5 Å². The van der Waals surface area contributed by atoms with Crippen LogP contribution in [0.1, 0.15) is 19.8 Å². The number of benzene rings is 2. The maximum Gasteiger partial charge on any atom is 0.231 e. The maximum atomic E-state index is 5.47. The van der Waals surface area contributed by atoms with Crippen LogP contribution in [0.5, 0.6) is 11.5 Å². The Morgan fingerprint density at radius 3 is 2.64 bits per heavy atom. The molecule has 0 aliphatic carbocycles. The van der Waals surface area contributed by atoms with E-state index in [1.54, 1.807) is 0 Å². The van der Waals surface area contributed by atoms with Crippen LogP contribution >= 0.6 is 0 Å². The first-order valence-electron chi connectivity index (χ1n) is 9.55. The fourth-order valence-corrected chi connectivity index (χ4v) is 3.04. The van der Waals surface area contributed by atoms with E-state index >= 15 is 0 Å². The van der Waals surface area contributed by atoms with Crippen molar-refractivity contribution in [2.24, 2.45) is 0 Å². The van der Waals surface area contributed by atoms with E-state index in [-0.39, 0.29) is 6.79 Å². The zero-order chi connectivity index (χ0) is 19.3. The minimum Gasteiger partial charge on any atom is -0.454 e. The first kappa shape index (κ1) is 18.1. The van der Waals surface area contributed by atoms with Crippen molar-refractivity contribution in [3.63, 3.8) is 0 Å². The molecule has 1 aliphatic heterocycles. The van der Waals surface area contributed by atoms with Crippen LogP contribution < -0.4 is 19.7 Å². The minimum atomic E-state index is 0.261. The lowest BCUT2D eigenvalue weighted by atomic mass is 10.2. The summed E-state index contributed by atoms with van der Waals surface area (Å²) in [6, 6.07) is 17.8. The first-order chi connectivity index (χ1) is 13.7. The fraction of sp³-hybridized carbons (Fsp3) is 0.273. The molecule has 0 fully saturated rings. The van der Waals surface area contributed by atoms with Crippen LogP contribution in [0, 0.1) is 0 Å². The lowest BCUT2D eigenvalue weighted by molar-refractivity contribution is 0.174. The Balaban J connectivity index is 1.67. The van der Waals surface area contributed by atoms with Crippen molar-refractivity contribution in [3.05, 3.63) is 54.6 Å². The third kappa shape index (κ3) is 4.01. The van der Waals surface area contributed by atoms with Gasteiger partial charge in [-0.2, -0.15) is 0 Å². The van der Waals surface area contributed by atoms with Gasteiger partial charge in [0.2, 0.25) is 6.79 Å². The Hall–Kier alpha value is -3.28. The zero-order valence-electron chi connectivity index (χ0n) is 16.2. The van der Waals surface area contributed by atoms with Crippen LogP contribution in [0.3, 0.4) is 0 Å². The molecule has 0 amide bonds. The summed E-state index contributed by atoms with van der Waals surface area (Å²) < 4.78 is 10.9. The second kappa shape index (κ2) is 8.17. The van der Waals surface area contributed by atoms with Crippen LogP contribution in [-0.4, -0.2) is 30.4 Å². The Labute approximate surface area is 165 Å². The molecule has 0 spiro atoms. The highest BCUT2D eigenvalue weighted by Gasteiger charge is 2.15. The summed E-state index contributed by atoms with van der Waals surface area (Å²) in [4.78, 5) is 11.7. The van der Waals surface area contributed by atoms with Gasteiger partial charge in [0.1, 0.15) is 11.6 Å². The van der Waals surface area contributed by atoms with Crippen LogP contribution in [0.4, 0.5) is 17.3 Å². The van der Waals surface area contributed by atoms with Crippen molar-refractivity contribution in [3.8, 4) is 22.9 Å². The third-order valence-electron chi connectivity index (χ3n) is 4.63. The molecule has 6 nitrogen and oxygen atoms in total.